The van der Waals surface area contributed by atoms with Crippen LogP contribution in [0.2, 0.25) is 0 Å². The van der Waals surface area contributed by atoms with Crippen LogP contribution in [0, 0.1) is 5.92 Å². The molecule has 0 aromatic heterocycles. The molecule has 1 aromatic rings. The minimum atomic E-state index is -0.771. The van der Waals surface area contributed by atoms with Crippen molar-refractivity contribution in [3.8, 4) is 0 Å². The van der Waals surface area contributed by atoms with Gasteiger partial charge in [0.2, 0.25) is 11.7 Å². The third-order valence-electron chi connectivity index (χ3n) is 5.79. The van der Waals surface area contributed by atoms with Crippen LogP contribution < -0.4 is 0 Å². The van der Waals surface area contributed by atoms with Gasteiger partial charge in [0.1, 0.15) is 12.0 Å². The molecule has 1 saturated carbocycles. The van der Waals surface area contributed by atoms with Crippen LogP contribution in [0.1, 0.15) is 50.9 Å². The van der Waals surface area contributed by atoms with Gasteiger partial charge in [0.05, 0.1) is 6.61 Å². The molecular weight excluding hydrogens is 358 g/mol. The maximum atomic E-state index is 13.2. The number of amides is 1. The van der Waals surface area contributed by atoms with E-state index in [1.165, 1.54) is 32.4 Å². The summed E-state index contributed by atoms with van der Waals surface area (Å²) in [6.07, 6.45) is 5.36. The lowest BCUT2D eigenvalue weighted by atomic mass is 9.88. The number of Topliss-reactive ketones (excluding diaryl/α,β-unsaturated/α-hetero) is 1. The maximum Gasteiger partial charge on any atom is 0.224 e. The summed E-state index contributed by atoms with van der Waals surface area (Å²) in [4.78, 5) is 27.1. The van der Waals surface area contributed by atoms with Crippen molar-refractivity contribution in [3.05, 3.63) is 47.9 Å². The Kier molecular flexibility index (Phi) is 5.78. The normalized spacial score (nSPS) is 28.1. The van der Waals surface area contributed by atoms with Gasteiger partial charge >= 0.3 is 0 Å². The number of ether oxygens (including phenoxy) is 3. The van der Waals surface area contributed by atoms with Gasteiger partial charge in [-0.3, -0.25) is 9.59 Å². The molecular formula is C22H27NO5. The average Bonchev–Trinajstić information content (AvgIpc) is 2.74. The fraction of sp³-hybridized carbons (Fsp3) is 0.545. The van der Waals surface area contributed by atoms with Crippen molar-refractivity contribution in [3.63, 3.8) is 0 Å². The standard InChI is InChI=1S/C22H27NO5/c1-15(24)23(12-16-8-4-2-5-9-16)18-13-26-19-14-27-22(28-21(19)20(18)25)17-10-6-3-7-11-17/h3,6-7,10-11,13,16,19,21-22H,2,4-5,8-9,12,14H2,1H3/t19-,21-,22-/m1/s1. The van der Waals surface area contributed by atoms with Gasteiger partial charge in [-0.05, 0) is 18.8 Å². The van der Waals surface area contributed by atoms with Crippen LogP contribution in [0.15, 0.2) is 42.3 Å². The number of rotatable bonds is 4. The van der Waals surface area contributed by atoms with E-state index in [-0.39, 0.29) is 18.3 Å². The van der Waals surface area contributed by atoms with Gasteiger partial charge < -0.3 is 19.1 Å². The van der Waals surface area contributed by atoms with E-state index in [9.17, 15) is 9.59 Å². The van der Waals surface area contributed by atoms with E-state index in [2.05, 4.69) is 0 Å². The van der Waals surface area contributed by atoms with Gasteiger partial charge in [-0.1, -0.05) is 49.6 Å². The maximum absolute atomic E-state index is 13.2. The van der Waals surface area contributed by atoms with Gasteiger partial charge in [0.25, 0.3) is 0 Å². The van der Waals surface area contributed by atoms with Gasteiger partial charge in [0.15, 0.2) is 18.5 Å². The summed E-state index contributed by atoms with van der Waals surface area (Å²) in [6, 6.07) is 9.53. The predicted octanol–water partition coefficient (Wildman–Crippen LogP) is 3.34. The summed E-state index contributed by atoms with van der Waals surface area (Å²) < 4.78 is 17.4. The summed E-state index contributed by atoms with van der Waals surface area (Å²) in [7, 11) is 0. The largest absolute Gasteiger partial charge is 0.490 e. The topological polar surface area (TPSA) is 65.1 Å². The van der Waals surface area contributed by atoms with E-state index in [0.29, 0.717) is 18.2 Å². The molecule has 6 nitrogen and oxygen atoms in total. The quantitative estimate of drug-likeness (QED) is 0.795. The van der Waals surface area contributed by atoms with Crippen LogP contribution in [0.3, 0.4) is 0 Å². The average molecular weight is 385 g/mol. The minimum absolute atomic E-state index is 0.140. The van der Waals surface area contributed by atoms with Crippen molar-refractivity contribution in [2.75, 3.05) is 13.2 Å². The molecule has 0 N–H and O–H groups in total. The molecule has 3 atom stereocenters. The highest BCUT2D eigenvalue weighted by molar-refractivity contribution is 6.02. The summed E-state index contributed by atoms with van der Waals surface area (Å²) in [5, 5.41) is 0. The predicted molar refractivity (Wildman–Crippen MR) is 102 cm³/mol. The number of nitrogens with zero attached hydrogens (tertiary/aromatic N) is 1. The zero-order valence-electron chi connectivity index (χ0n) is 16.2. The van der Waals surface area contributed by atoms with Crippen LogP contribution in [0.25, 0.3) is 0 Å². The van der Waals surface area contributed by atoms with Crippen LogP contribution in [-0.4, -0.2) is 41.9 Å². The molecule has 1 aromatic carbocycles. The SMILES string of the molecule is CC(=O)N(CC1CCCCC1)C1=CO[C@@H]2CO[C@@H](c3ccccc3)O[C@H]2C1=O. The second-order valence-electron chi connectivity index (χ2n) is 7.81. The van der Waals surface area contributed by atoms with Gasteiger partial charge in [0, 0.05) is 19.0 Å². The van der Waals surface area contributed by atoms with Gasteiger partial charge in [-0.25, -0.2) is 0 Å². The van der Waals surface area contributed by atoms with Crippen molar-refractivity contribution < 1.29 is 23.8 Å². The van der Waals surface area contributed by atoms with Gasteiger partial charge in [-0.15, -0.1) is 0 Å². The third-order valence-corrected chi connectivity index (χ3v) is 5.79. The van der Waals surface area contributed by atoms with Gasteiger partial charge in [-0.2, -0.15) is 0 Å². The molecule has 28 heavy (non-hydrogen) atoms. The molecule has 1 amide bonds. The van der Waals surface area contributed by atoms with Crippen molar-refractivity contribution in [2.45, 2.75) is 57.5 Å². The molecule has 4 rings (SSSR count). The number of fused-ring (bicyclic) bond motifs is 1. The number of carbonyl (C=O) groups excluding carboxylic acids is 2. The van der Waals surface area contributed by atoms with E-state index in [0.717, 1.165) is 18.4 Å². The fourth-order valence-corrected chi connectivity index (χ4v) is 4.23. The number of ketones is 1. The number of benzene rings is 1. The molecule has 2 fully saturated rings. The lowest BCUT2D eigenvalue weighted by molar-refractivity contribution is -0.254. The lowest BCUT2D eigenvalue weighted by Crippen LogP contribution is -2.52. The van der Waals surface area contributed by atoms with Crippen molar-refractivity contribution >= 4 is 11.7 Å². The summed E-state index contributed by atoms with van der Waals surface area (Å²) in [5.74, 6) is 0.0853. The van der Waals surface area contributed by atoms with Crippen molar-refractivity contribution in [1.29, 1.82) is 0 Å². The van der Waals surface area contributed by atoms with E-state index >= 15 is 0 Å². The molecule has 2 aliphatic heterocycles. The first-order valence-electron chi connectivity index (χ1n) is 10.1. The lowest BCUT2D eigenvalue weighted by Gasteiger charge is -2.40. The van der Waals surface area contributed by atoms with Crippen molar-refractivity contribution in [2.24, 2.45) is 5.92 Å². The Morgan fingerprint density at radius 1 is 1.14 bits per heavy atom. The van der Waals surface area contributed by atoms with Crippen LogP contribution in [0.5, 0.6) is 0 Å². The first-order valence-corrected chi connectivity index (χ1v) is 10.1. The zero-order valence-corrected chi connectivity index (χ0v) is 16.2. The van der Waals surface area contributed by atoms with E-state index in [1.54, 1.807) is 4.90 Å². The number of hydrogen-bond donors (Lipinski definition) is 0. The van der Waals surface area contributed by atoms with E-state index in [1.807, 2.05) is 30.3 Å². The summed E-state index contributed by atoms with van der Waals surface area (Å²) >= 11 is 0. The third kappa shape index (κ3) is 3.98. The molecule has 1 saturated heterocycles. The Morgan fingerprint density at radius 2 is 1.89 bits per heavy atom. The molecule has 6 heteroatoms. The molecule has 3 aliphatic rings. The highest BCUT2D eigenvalue weighted by Crippen LogP contribution is 2.33. The fourth-order valence-electron chi connectivity index (χ4n) is 4.23. The molecule has 2 heterocycles. The Bertz CT molecular complexity index is 741. The first kappa shape index (κ1) is 19.2. The highest BCUT2D eigenvalue weighted by Gasteiger charge is 2.44. The van der Waals surface area contributed by atoms with Crippen molar-refractivity contribution in [1.82, 2.24) is 4.90 Å². The molecule has 150 valence electrons. The first-order chi connectivity index (χ1) is 13.6. The number of carbonyl (C=O) groups is 2. The highest BCUT2D eigenvalue weighted by atomic mass is 16.7. The number of hydrogen-bond acceptors (Lipinski definition) is 5. The molecule has 1 aliphatic carbocycles. The zero-order chi connectivity index (χ0) is 19.5. The smallest absolute Gasteiger partial charge is 0.224 e. The minimum Gasteiger partial charge on any atom is -0.490 e. The Hall–Kier alpha value is -2.18. The molecule has 0 radical (unpaired) electrons. The second kappa shape index (κ2) is 8.45. The Morgan fingerprint density at radius 3 is 2.61 bits per heavy atom. The van der Waals surface area contributed by atoms with E-state index < -0.39 is 18.5 Å². The van der Waals surface area contributed by atoms with Crippen LogP contribution in [0.4, 0.5) is 0 Å². The Labute approximate surface area is 165 Å². The molecule has 0 unspecified atom stereocenters. The summed E-state index contributed by atoms with van der Waals surface area (Å²) in [6.45, 7) is 2.33. The Balaban J connectivity index is 1.50. The van der Waals surface area contributed by atoms with E-state index in [4.69, 9.17) is 14.2 Å². The summed E-state index contributed by atoms with van der Waals surface area (Å²) in [5.41, 5.74) is 1.16. The molecule has 0 bridgehead atoms. The monoisotopic (exact) mass is 385 g/mol. The molecule has 0 spiro atoms. The van der Waals surface area contributed by atoms with Crippen LogP contribution in [-0.2, 0) is 23.8 Å². The second-order valence-corrected chi connectivity index (χ2v) is 7.81. The van der Waals surface area contributed by atoms with Crippen LogP contribution >= 0.6 is 0 Å².